The maximum absolute atomic E-state index is 12.7. The minimum Gasteiger partial charge on any atom is -0.455 e. The van der Waals surface area contributed by atoms with Crippen molar-refractivity contribution < 1.29 is 24.2 Å². The minimum atomic E-state index is -0.739. The van der Waals surface area contributed by atoms with E-state index in [0.29, 0.717) is 24.8 Å². The molecule has 146 valence electrons. The Morgan fingerprint density at radius 1 is 1.19 bits per heavy atom. The van der Waals surface area contributed by atoms with E-state index in [0.717, 1.165) is 38.5 Å². The summed E-state index contributed by atoms with van der Waals surface area (Å²) in [6.45, 7) is 3.71. The third-order valence-corrected chi connectivity index (χ3v) is 6.12. The fourth-order valence-corrected chi connectivity index (χ4v) is 5.49. The average molecular weight is 366 g/mol. The van der Waals surface area contributed by atoms with Crippen LogP contribution in [0.5, 0.6) is 0 Å². The number of aliphatic hydroxyl groups is 1. The Morgan fingerprint density at radius 2 is 1.85 bits per heavy atom. The fourth-order valence-electron chi connectivity index (χ4n) is 5.49. The minimum absolute atomic E-state index is 0.255. The molecule has 0 aromatic carbocycles. The smallest absolute Gasteiger partial charge is 0.312 e. The SMILES string of the molecule is CCCNC(=O)C(C)NC(=O)COC(=O)C12CC3CC(CC(O)(C3)C1)C2. The summed E-state index contributed by atoms with van der Waals surface area (Å²) in [5.74, 6) is -0.353. The molecule has 0 radical (unpaired) electrons. The highest BCUT2D eigenvalue weighted by Gasteiger charge is 2.60. The van der Waals surface area contributed by atoms with Crippen LogP contribution in [0.15, 0.2) is 0 Å². The Morgan fingerprint density at radius 3 is 2.42 bits per heavy atom. The van der Waals surface area contributed by atoms with E-state index < -0.39 is 23.0 Å². The molecule has 7 nitrogen and oxygen atoms in total. The number of hydrogen-bond acceptors (Lipinski definition) is 5. The first-order valence-electron chi connectivity index (χ1n) is 9.72. The molecule has 4 aliphatic rings. The van der Waals surface area contributed by atoms with Crippen LogP contribution in [0.2, 0.25) is 0 Å². The normalized spacial score (nSPS) is 35.7. The molecule has 4 rings (SSSR count). The lowest BCUT2D eigenvalue weighted by atomic mass is 9.48. The van der Waals surface area contributed by atoms with Crippen molar-refractivity contribution in [1.29, 1.82) is 0 Å². The van der Waals surface area contributed by atoms with Crippen LogP contribution in [-0.4, -0.2) is 47.7 Å². The van der Waals surface area contributed by atoms with E-state index in [4.69, 9.17) is 4.74 Å². The molecule has 4 saturated carbocycles. The van der Waals surface area contributed by atoms with Gasteiger partial charge in [0.2, 0.25) is 5.91 Å². The van der Waals surface area contributed by atoms with Crippen molar-refractivity contribution in [2.75, 3.05) is 13.2 Å². The van der Waals surface area contributed by atoms with Gasteiger partial charge < -0.3 is 20.5 Å². The van der Waals surface area contributed by atoms with Crippen LogP contribution in [0.25, 0.3) is 0 Å². The Hall–Kier alpha value is -1.63. The quantitative estimate of drug-likeness (QED) is 0.581. The number of esters is 1. The van der Waals surface area contributed by atoms with E-state index in [1.165, 1.54) is 0 Å². The highest BCUT2D eigenvalue weighted by Crippen LogP contribution is 2.61. The summed E-state index contributed by atoms with van der Waals surface area (Å²) in [6.07, 6.45) is 5.42. The Kier molecular flexibility index (Phi) is 5.28. The third kappa shape index (κ3) is 3.87. The summed E-state index contributed by atoms with van der Waals surface area (Å²) >= 11 is 0. The molecule has 0 saturated heterocycles. The zero-order valence-electron chi connectivity index (χ0n) is 15.7. The summed E-state index contributed by atoms with van der Waals surface area (Å²) in [7, 11) is 0. The summed E-state index contributed by atoms with van der Waals surface area (Å²) in [5.41, 5.74) is -1.37. The second-order valence-corrected chi connectivity index (χ2v) is 8.62. The fraction of sp³-hybridized carbons (Fsp3) is 0.842. The lowest BCUT2D eigenvalue weighted by Crippen LogP contribution is -2.58. The maximum Gasteiger partial charge on any atom is 0.312 e. The van der Waals surface area contributed by atoms with Gasteiger partial charge in [-0.2, -0.15) is 0 Å². The van der Waals surface area contributed by atoms with E-state index in [1.807, 2.05) is 6.92 Å². The average Bonchev–Trinajstić information content (AvgIpc) is 2.55. The predicted molar refractivity (Wildman–Crippen MR) is 93.9 cm³/mol. The van der Waals surface area contributed by atoms with Crippen molar-refractivity contribution in [3.8, 4) is 0 Å². The van der Waals surface area contributed by atoms with E-state index in [2.05, 4.69) is 10.6 Å². The second kappa shape index (κ2) is 7.18. The molecule has 0 aromatic rings. The van der Waals surface area contributed by atoms with Crippen molar-refractivity contribution in [1.82, 2.24) is 10.6 Å². The van der Waals surface area contributed by atoms with Crippen molar-refractivity contribution >= 4 is 17.8 Å². The first kappa shape index (κ1) is 19.1. The molecule has 0 heterocycles. The molecule has 0 spiro atoms. The molecule has 0 aliphatic heterocycles. The van der Waals surface area contributed by atoms with Crippen LogP contribution in [0.3, 0.4) is 0 Å². The van der Waals surface area contributed by atoms with E-state index in [1.54, 1.807) is 6.92 Å². The standard InChI is InChI=1S/C19H30N2O5/c1-3-4-20-16(23)12(2)21-15(22)10-26-17(24)18-6-13-5-14(7-18)9-19(25,8-13)11-18/h12-14,25H,3-11H2,1-2H3,(H,20,23)(H,21,22). The number of ether oxygens (including phenoxy) is 1. The van der Waals surface area contributed by atoms with Gasteiger partial charge in [0.1, 0.15) is 6.04 Å². The van der Waals surface area contributed by atoms with Crippen molar-refractivity contribution in [2.24, 2.45) is 17.3 Å². The van der Waals surface area contributed by atoms with E-state index in [-0.39, 0.29) is 18.5 Å². The highest BCUT2D eigenvalue weighted by atomic mass is 16.5. The molecule has 4 aliphatic carbocycles. The number of rotatable bonds is 7. The number of carbonyl (C=O) groups is 3. The van der Waals surface area contributed by atoms with Gasteiger partial charge in [0.05, 0.1) is 11.0 Å². The molecule has 3 unspecified atom stereocenters. The summed E-state index contributed by atoms with van der Waals surface area (Å²) in [6, 6.07) is -0.673. The van der Waals surface area contributed by atoms with Gasteiger partial charge in [0.25, 0.3) is 5.91 Å². The maximum atomic E-state index is 12.7. The lowest BCUT2D eigenvalue weighted by Gasteiger charge is -2.58. The molecular formula is C19H30N2O5. The van der Waals surface area contributed by atoms with Crippen LogP contribution in [0.1, 0.15) is 58.8 Å². The van der Waals surface area contributed by atoms with Crippen LogP contribution < -0.4 is 10.6 Å². The zero-order valence-corrected chi connectivity index (χ0v) is 15.7. The second-order valence-electron chi connectivity index (χ2n) is 8.62. The van der Waals surface area contributed by atoms with Gasteiger partial charge in [-0.3, -0.25) is 14.4 Å². The zero-order chi connectivity index (χ0) is 18.9. The topological polar surface area (TPSA) is 105 Å². The summed E-state index contributed by atoms with van der Waals surface area (Å²) in [4.78, 5) is 36.5. The number of nitrogens with one attached hydrogen (secondary N) is 2. The van der Waals surface area contributed by atoms with Crippen molar-refractivity contribution in [2.45, 2.75) is 70.4 Å². The van der Waals surface area contributed by atoms with Gasteiger partial charge in [0.15, 0.2) is 6.61 Å². The summed E-state index contributed by atoms with van der Waals surface area (Å²) < 4.78 is 5.30. The van der Waals surface area contributed by atoms with Gasteiger partial charge in [-0.1, -0.05) is 6.92 Å². The van der Waals surface area contributed by atoms with Crippen molar-refractivity contribution in [3.05, 3.63) is 0 Å². The largest absolute Gasteiger partial charge is 0.455 e. The molecular weight excluding hydrogens is 336 g/mol. The predicted octanol–water partition coefficient (Wildman–Crippen LogP) is 0.892. The number of amides is 2. The molecule has 4 fully saturated rings. The lowest BCUT2D eigenvalue weighted by molar-refractivity contribution is -0.196. The molecule has 3 atom stereocenters. The third-order valence-electron chi connectivity index (χ3n) is 6.12. The Labute approximate surface area is 154 Å². The van der Waals surface area contributed by atoms with Crippen LogP contribution >= 0.6 is 0 Å². The molecule has 26 heavy (non-hydrogen) atoms. The first-order valence-corrected chi connectivity index (χ1v) is 9.72. The molecule has 3 N–H and O–H groups in total. The first-order chi connectivity index (χ1) is 12.3. The number of hydrogen-bond donors (Lipinski definition) is 3. The van der Waals surface area contributed by atoms with Crippen LogP contribution in [0.4, 0.5) is 0 Å². The Bertz CT molecular complexity index is 576. The molecule has 2 amide bonds. The van der Waals surface area contributed by atoms with Crippen LogP contribution in [0, 0.1) is 17.3 Å². The molecule has 7 heteroatoms. The van der Waals surface area contributed by atoms with Gasteiger partial charge in [0, 0.05) is 6.54 Å². The van der Waals surface area contributed by atoms with Gasteiger partial charge >= 0.3 is 5.97 Å². The van der Waals surface area contributed by atoms with E-state index in [9.17, 15) is 19.5 Å². The van der Waals surface area contributed by atoms with Crippen molar-refractivity contribution in [3.63, 3.8) is 0 Å². The van der Waals surface area contributed by atoms with Gasteiger partial charge in [-0.25, -0.2) is 0 Å². The number of carbonyl (C=O) groups excluding carboxylic acids is 3. The molecule has 0 aromatic heterocycles. The van der Waals surface area contributed by atoms with Gasteiger partial charge in [-0.05, 0) is 63.7 Å². The Balaban J connectivity index is 1.50. The highest BCUT2D eigenvalue weighted by molar-refractivity contribution is 5.89. The van der Waals surface area contributed by atoms with Crippen LogP contribution in [-0.2, 0) is 19.1 Å². The molecule has 4 bridgehead atoms. The van der Waals surface area contributed by atoms with Gasteiger partial charge in [-0.15, -0.1) is 0 Å². The monoisotopic (exact) mass is 366 g/mol. The van der Waals surface area contributed by atoms with E-state index >= 15 is 0 Å². The summed E-state index contributed by atoms with van der Waals surface area (Å²) in [5, 5.41) is 16.0.